The molecule has 2 aromatic carbocycles. The number of hydrogen-bond acceptors (Lipinski definition) is 2. The number of halogens is 1. The van der Waals surface area contributed by atoms with Crippen LogP contribution in [0, 0.1) is 5.92 Å². The number of nitrogens with one attached hydrogen (secondary N) is 2. The molecule has 0 fully saturated rings. The first-order valence-corrected chi connectivity index (χ1v) is 9.23. The fraction of sp³-hybridized carbons (Fsp3) is 0.333. The Hall–Kier alpha value is -2.33. The van der Waals surface area contributed by atoms with Gasteiger partial charge in [-0.25, -0.2) is 0 Å². The molecule has 2 rings (SSSR count). The Morgan fingerprint density at radius 1 is 1.04 bits per heavy atom. The lowest BCUT2D eigenvalue weighted by Crippen LogP contribution is -2.44. The van der Waals surface area contributed by atoms with Crippen LogP contribution in [0.15, 0.2) is 48.5 Å². The molecule has 4 nitrogen and oxygen atoms in total. The highest BCUT2D eigenvalue weighted by molar-refractivity contribution is 6.30. The van der Waals surface area contributed by atoms with Gasteiger partial charge in [-0.15, -0.1) is 0 Å². The smallest absolute Gasteiger partial charge is 0.251 e. The van der Waals surface area contributed by atoms with Gasteiger partial charge in [0.15, 0.2) is 0 Å². The number of carbonyl (C=O) groups excluding carboxylic acids is 2. The zero-order valence-electron chi connectivity index (χ0n) is 15.4. The minimum atomic E-state index is -0.608. The van der Waals surface area contributed by atoms with Gasteiger partial charge in [0.05, 0.1) is 0 Å². The molecule has 0 bridgehead atoms. The predicted octanol–water partition coefficient (Wildman–Crippen LogP) is 4.69. The Morgan fingerprint density at radius 2 is 1.69 bits per heavy atom. The first kappa shape index (κ1) is 20.0. The largest absolute Gasteiger partial charge is 0.340 e. The maximum atomic E-state index is 12.8. The van der Waals surface area contributed by atoms with E-state index in [1.54, 1.807) is 24.3 Å². The molecule has 0 spiro atoms. The van der Waals surface area contributed by atoms with E-state index >= 15 is 0 Å². The molecule has 0 heterocycles. The van der Waals surface area contributed by atoms with Crippen LogP contribution in [0.4, 0.5) is 5.69 Å². The van der Waals surface area contributed by atoms with E-state index in [1.807, 2.05) is 45.0 Å². The zero-order valence-corrected chi connectivity index (χ0v) is 16.1. The van der Waals surface area contributed by atoms with Crippen molar-refractivity contribution >= 4 is 29.1 Å². The van der Waals surface area contributed by atoms with Crippen molar-refractivity contribution in [3.05, 3.63) is 64.7 Å². The lowest BCUT2D eigenvalue weighted by molar-refractivity contribution is -0.118. The van der Waals surface area contributed by atoms with Crippen molar-refractivity contribution in [2.75, 3.05) is 5.32 Å². The third kappa shape index (κ3) is 5.60. The van der Waals surface area contributed by atoms with E-state index in [2.05, 4.69) is 10.6 Å². The van der Waals surface area contributed by atoms with Crippen LogP contribution < -0.4 is 10.6 Å². The summed E-state index contributed by atoms with van der Waals surface area (Å²) in [5.74, 6) is -0.231. The molecule has 0 radical (unpaired) electrons. The summed E-state index contributed by atoms with van der Waals surface area (Å²) in [6.45, 7) is 6.09. The lowest BCUT2D eigenvalue weighted by Gasteiger charge is -2.21. The van der Waals surface area contributed by atoms with Crippen LogP contribution in [0.3, 0.4) is 0 Å². The average molecular weight is 373 g/mol. The zero-order chi connectivity index (χ0) is 19.1. The predicted molar refractivity (Wildman–Crippen MR) is 107 cm³/mol. The van der Waals surface area contributed by atoms with Crippen molar-refractivity contribution in [2.24, 2.45) is 5.92 Å². The van der Waals surface area contributed by atoms with Crippen molar-refractivity contribution in [3.63, 3.8) is 0 Å². The summed E-state index contributed by atoms with van der Waals surface area (Å²) in [4.78, 5) is 25.3. The summed E-state index contributed by atoms with van der Waals surface area (Å²) < 4.78 is 0. The molecule has 0 aliphatic heterocycles. The van der Waals surface area contributed by atoms with E-state index in [4.69, 9.17) is 11.6 Å². The Labute approximate surface area is 159 Å². The van der Waals surface area contributed by atoms with Crippen LogP contribution in [0.25, 0.3) is 0 Å². The SMILES string of the molecule is CCc1ccccc1NC(=O)[C@@H](CC(C)C)NC(=O)c1ccc(Cl)cc1. The van der Waals surface area contributed by atoms with Crippen LogP contribution in [0.5, 0.6) is 0 Å². The highest BCUT2D eigenvalue weighted by Gasteiger charge is 2.23. The number of para-hydroxylation sites is 1. The minimum absolute atomic E-state index is 0.207. The van der Waals surface area contributed by atoms with Crippen molar-refractivity contribution < 1.29 is 9.59 Å². The van der Waals surface area contributed by atoms with Gasteiger partial charge in [-0.3, -0.25) is 9.59 Å². The number of rotatable bonds is 7. The summed E-state index contributed by atoms with van der Waals surface area (Å²) in [5.41, 5.74) is 2.33. The molecular formula is C21H25ClN2O2. The quantitative estimate of drug-likeness (QED) is 0.741. The summed E-state index contributed by atoms with van der Waals surface area (Å²) in [6, 6.07) is 13.7. The van der Waals surface area contributed by atoms with Crippen LogP contribution in [-0.2, 0) is 11.2 Å². The number of anilines is 1. The molecule has 0 aromatic heterocycles. The van der Waals surface area contributed by atoms with E-state index in [1.165, 1.54) is 0 Å². The first-order valence-electron chi connectivity index (χ1n) is 8.86. The molecule has 0 unspecified atom stereocenters. The molecule has 0 aliphatic rings. The van der Waals surface area contributed by atoms with Crippen molar-refractivity contribution in [1.82, 2.24) is 5.32 Å². The van der Waals surface area contributed by atoms with Crippen molar-refractivity contribution in [2.45, 2.75) is 39.7 Å². The Bertz CT molecular complexity index is 757. The van der Waals surface area contributed by atoms with E-state index in [-0.39, 0.29) is 17.7 Å². The maximum Gasteiger partial charge on any atom is 0.251 e. The highest BCUT2D eigenvalue weighted by atomic mass is 35.5. The number of amides is 2. The fourth-order valence-electron chi connectivity index (χ4n) is 2.72. The maximum absolute atomic E-state index is 12.8. The van der Waals surface area contributed by atoms with Crippen LogP contribution >= 0.6 is 11.6 Å². The average Bonchev–Trinajstić information content (AvgIpc) is 2.61. The second-order valence-corrected chi connectivity index (χ2v) is 7.10. The van der Waals surface area contributed by atoms with Gasteiger partial charge in [0.1, 0.15) is 6.04 Å². The molecule has 0 saturated carbocycles. The first-order chi connectivity index (χ1) is 12.4. The van der Waals surface area contributed by atoms with Gasteiger partial charge in [0.2, 0.25) is 5.91 Å². The van der Waals surface area contributed by atoms with Crippen LogP contribution in [0.1, 0.15) is 43.1 Å². The van der Waals surface area contributed by atoms with Gasteiger partial charge in [0.25, 0.3) is 5.91 Å². The number of aryl methyl sites for hydroxylation is 1. The standard InChI is InChI=1S/C21H25ClN2O2/c1-4-15-7-5-6-8-18(15)23-21(26)19(13-14(2)3)24-20(25)16-9-11-17(22)12-10-16/h5-12,14,19H,4,13H2,1-3H3,(H,23,26)(H,24,25)/t19-/m1/s1. The second kappa shape index (κ2) is 9.39. The minimum Gasteiger partial charge on any atom is -0.340 e. The lowest BCUT2D eigenvalue weighted by atomic mass is 10.0. The summed E-state index contributed by atoms with van der Waals surface area (Å²) in [5, 5.41) is 6.37. The van der Waals surface area contributed by atoms with Crippen molar-refractivity contribution in [1.29, 1.82) is 0 Å². The third-order valence-electron chi connectivity index (χ3n) is 4.09. The normalized spacial score (nSPS) is 11.9. The summed E-state index contributed by atoms with van der Waals surface area (Å²) in [7, 11) is 0. The summed E-state index contributed by atoms with van der Waals surface area (Å²) >= 11 is 5.86. The number of carbonyl (C=O) groups is 2. The van der Waals surface area contributed by atoms with E-state index in [9.17, 15) is 9.59 Å². The molecule has 1 atom stereocenters. The Balaban J connectivity index is 2.14. The number of hydrogen-bond donors (Lipinski definition) is 2. The fourth-order valence-corrected chi connectivity index (χ4v) is 2.84. The molecule has 26 heavy (non-hydrogen) atoms. The van der Waals surface area contributed by atoms with Gasteiger partial charge in [-0.05, 0) is 54.7 Å². The molecule has 5 heteroatoms. The highest BCUT2D eigenvalue weighted by Crippen LogP contribution is 2.17. The molecule has 0 saturated heterocycles. The van der Waals surface area contributed by atoms with Gasteiger partial charge in [-0.2, -0.15) is 0 Å². The Kier molecular flexibility index (Phi) is 7.22. The Morgan fingerprint density at radius 3 is 2.31 bits per heavy atom. The third-order valence-corrected chi connectivity index (χ3v) is 4.34. The second-order valence-electron chi connectivity index (χ2n) is 6.66. The molecular weight excluding hydrogens is 348 g/mol. The van der Waals surface area contributed by atoms with E-state index in [0.717, 1.165) is 17.7 Å². The van der Waals surface area contributed by atoms with Crippen LogP contribution in [-0.4, -0.2) is 17.9 Å². The molecule has 0 aliphatic carbocycles. The molecule has 138 valence electrons. The topological polar surface area (TPSA) is 58.2 Å². The van der Waals surface area contributed by atoms with Gasteiger partial charge in [-0.1, -0.05) is 50.6 Å². The summed E-state index contributed by atoms with van der Waals surface area (Å²) in [6.07, 6.45) is 1.38. The molecule has 2 N–H and O–H groups in total. The van der Waals surface area contributed by atoms with Crippen molar-refractivity contribution in [3.8, 4) is 0 Å². The van der Waals surface area contributed by atoms with Gasteiger partial charge >= 0.3 is 0 Å². The monoisotopic (exact) mass is 372 g/mol. The van der Waals surface area contributed by atoms with Gasteiger partial charge < -0.3 is 10.6 Å². The van der Waals surface area contributed by atoms with Gasteiger partial charge in [0, 0.05) is 16.3 Å². The number of benzene rings is 2. The molecule has 2 aromatic rings. The molecule has 2 amide bonds. The van der Waals surface area contributed by atoms with E-state index in [0.29, 0.717) is 17.0 Å². The van der Waals surface area contributed by atoms with E-state index < -0.39 is 6.04 Å². The van der Waals surface area contributed by atoms with Crippen LogP contribution in [0.2, 0.25) is 5.02 Å².